The van der Waals surface area contributed by atoms with E-state index in [0.29, 0.717) is 23.6 Å². The number of anilines is 1. The Morgan fingerprint density at radius 2 is 2.16 bits per heavy atom. The predicted molar refractivity (Wildman–Crippen MR) is 98.5 cm³/mol. The van der Waals surface area contributed by atoms with Crippen LogP contribution in [0.5, 0.6) is 5.75 Å². The third-order valence-corrected chi connectivity index (χ3v) is 4.09. The van der Waals surface area contributed by atoms with Crippen LogP contribution in [0.3, 0.4) is 0 Å². The van der Waals surface area contributed by atoms with E-state index in [1.807, 2.05) is 47.2 Å². The van der Waals surface area contributed by atoms with Gasteiger partial charge in [0.1, 0.15) is 5.75 Å². The van der Waals surface area contributed by atoms with Crippen molar-refractivity contribution >= 4 is 23.2 Å². The van der Waals surface area contributed by atoms with E-state index in [2.05, 4.69) is 10.3 Å². The van der Waals surface area contributed by atoms with Gasteiger partial charge in [-0.1, -0.05) is 23.7 Å². The largest absolute Gasteiger partial charge is 0.497 e. The summed E-state index contributed by atoms with van der Waals surface area (Å²) in [4.78, 5) is 16.2. The van der Waals surface area contributed by atoms with Crippen LogP contribution >= 0.6 is 11.6 Å². The van der Waals surface area contributed by atoms with E-state index in [9.17, 15) is 4.79 Å². The molecule has 0 spiro atoms. The Kier molecular flexibility index (Phi) is 5.36. The zero-order valence-corrected chi connectivity index (χ0v) is 14.5. The van der Waals surface area contributed by atoms with Gasteiger partial charge in [0.25, 0.3) is 0 Å². The number of imidazole rings is 1. The van der Waals surface area contributed by atoms with Crippen molar-refractivity contribution in [1.29, 1.82) is 0 Å². The molecule has 0 saturated carbocycles. The van der Waals surface area contributed by atoms with E-state index in [1.165, 1.54) is 0 Å². The Hall–Kier alpha value is -2.79. The number of carbonyl (C=O) groups excluding carboxylic acids is 1. The second-order valence-corrected chi connectivity index (χ2v) is 5.94. The summed E-state index contributed by atoms with van der Waals surface area (Å²) in [6.45, 7) is 0. The number of nitrogens with zero attached hydrogens (tertiary/aromatic N) is 2. The highest BCUT2D eigenvalue weighted by Crippen LogP contribution is 2.24. The molecule has 1 amide bonds. The third kappa shape index (κ3) is 4.39. The first kappa shape index (κ1) is 17.0. The maximum Gasteiger partial charge on any atom is 0.224 e. The Bertz CT molecular complexity index is 863. The first-order chi connectivity index (χ1) is 12.2. The lowest BCUT2D eigenvalue weighted by Gasteiger charge is -2.09. The van der Waals surface area contributed by atoms with Crippen LogP contribution < -0.4 is 10.1 Å². The van der Waals surface area contributed by atoms with Crippen LogP contribution in [-0.2, 0) is 11.2 Å². The van der Waals surface area contributed by atoms with Gasteiger partial charge in [-0.3, -0.25) is 4.79 Å². The SMILES string of the molecule is COc1cccc(CCC(=O)Nc2ccc(-n3ccnc3)c(Cl)c2)c1. The molecular formula is C19H18ClN3O2. The van der Waals surface area contributed by atoms with Gasteiger partial charge < -0.3 is 14.6 Å². The van der Waals surface area contributed by atoms with E-state index >= 15 is 0 Å². The molecule has 5 nitrogen and oxygen atoms in total. The quantitative estimate of drug-likeness (QED) is 0.724. The van der Waals surface area contributed by atoms with Crippen LogP contribution in [0.1, 0.15) is 12.0 Å². The van der Waals surface area contributed by atoms with Crippen molar-refractivity contribution in [2.75, 3.05) is 12.4 Å². The average molecular weight is 356 g/mol. The number of ether oxygens (including phenoxy) is 1. The highest BCUT2D eigenvalue weighted by Gasteiger charge is 2.07. The summed E-state index contributed by atoms with van der Waals surface area (Å²) in [5, 5.41) is 3.42. The smallest absolute Gasteiger partial charge is 0.224 e. The molecule has 3 aromatic rings. The minimum absolute atomic E-state index is 0.0609. The van der Waals surface area contributed by atoms with Gasteiger partial charge >= 0.3 is 0 Å². The van der Waals surface area contributed by atoms with Crippen LogP contribution in [-0.4, -0.2) is 22.6 Å². The summed E-state index contributed by atoms with van der Waals surface area (Å²) < 4.78 is 7.01. The Morgan fingerprint density at radius 3 is 2.88 bits per heavy atom. The summed E-state index contributed by atoms with van der Waals surface area (Å²) in [5.74, 6) is 0.731. The molecule has 1 heterocycles. The number of hydrogen-bond acceptors (Lipinski definition) is 3. The molecular weight excluding hydrogens is 338 g/mol. The van der Waals surface area contributed by atoms with Gasteiger partial charge in [0.2, 0.25) is 5.91 Å². The van der Waals surface area contributed by atoms with Gasteiger partial charge in [-0.2, -0.15) is 0 Å². The normalized spacial score (nSPS) is 10.5. The molecule has 2 aromatic carbocycles. The lowest BCUT2D eigenvalue weighted by Crippen LogP contribution is -2.12. The van der Waals surface area contributed by atoms with Gasteiger partial charge in [0, 0.05) is 24.5 Å². The molecule has 0 aliphatic heterocycles. The zero-order chi connectivity index (χ0) is 17.6. The average Bonchev–Trinajstić information content (AvgIpc) is 3.14. The first-order valence-corrected chi connectivity index (χ1v) is 8.24. The van der Waals surface area contributed by atoms with Gasteiger partial charge in [-0.05, 0) is 42.3 Å². The van der Waals surface area contributed by atoms with Crippen molar-refractivity contribution in [1.82, 2.24) is 9.55 Å². The monoisotopic (exact) mass is 355 g/mol. The van der Waals surface area contributed by atoms with Crippen molar-refractivity contribution in [3.05, 3.63) is 71.8 Å². The van der Waals surface area contributed by atoms with Crippen molar-refractivity contribution in [2.45, 2.75) is 12.8 Å². The molecule has 0 aliphatic carbocycles. The van der Waals surface area contributed by atoms with Gasteiger partial charge in [0.15, 0.2) is 0 Å². The number of nitrogens with one attached hydrogen (secondary N) is 1. The number of aryl methyl sites for hydroxylation is 1. The fraction of sp³-hybridized carbons (Fsp3) is 0.158. The molecule has 3 rings (SSSR count). The summed E-state index contributed by atoms with van der Waals surface area (Å²) in [5.41, 5.74) is 2.54. The second-order valence-electron chi connectivity index (χ2n) is 5.54. The number of rotatable bonds is 6. The fourth-order valence-corrected chi connectivity index (χ4v) is 2.78. The van der Waals surface area contributed by atoms with E-state index in [-0.39, 0.29) is 5.91 Å². The molecule has 0 bridgehead atoms. The van der Waals surface area contributed by atoms with Crippen LogP contribution in [0.25, 0.3) is 5.69 Å². The number of amides is 1. The number of benzene rings is 2. The minimum Gasteiger partial charge on any atom is -0.497 e. The number of methoxy groups -OCH3 is 1. The summed E-state index contributed by atoms with van der Waals surface area (Å²) in [6, 6.07) is 13.1. The number of halogens is 1. The maximum atomic E-state index is 12.2. The molecule has 128 valence electrons. The molecule has 6 heteroatoms. The Labute approximate surface area is 151 Å². The van der Waals surface area contributed by atoms with Crippen molar-refractivity contribution in [3.63, 3.8) is 0 Å². The summed E-state index contributed by atoms with van der Waals surface area (Å²) in [6.07, 6.45) is 6.20. The highest BCUT2D eigenvalue weighted by atomic mass is 35.5. The summed E-state index contributed by atoms with van der Waals surface area (Å²) in [7, 11) is 1.63. The number of hydrogen-bond donors (Lipinski definition) is 1. The van der Waals surface area contributed by atoms with E-state index < -0.39 is 0 Å². The van der Waals surface area contributed by atoms with Crippen molar-refractivity contribution in [2.24, 2.45) is 0 Å². The molecule has 0 saturated heterocycles. The lowest BCUT2D eigenvalue weighted by molar-refractivity contribution is -0.116. The molecule has 1 N–H and O–H groups in total. The maximum absolute atomic E-state index is 12.2. The van der Waals surface area contributed by atoms with Crippen LogP contribution in [0.2, 0.25) is 5.02 Å². The van der Waals surface area contributed by atoms with Gasteiger partial charge in [-0.15, -0.1) is 0 Å². The standard InChI is InChI=1S/C19H18ClN3O2/c1-25-16-4-2-3-14(11-16)5-8-19(24)22-15-6-7-18(17(20)12-15)23-10-9-21-13-23/h2-4,6-7,9-13H,5,8H2,1H3,(H,22,24). The topological polar surface area (TPSA) is 56.1 Å². The molecule has 0 atom stereocenters. The molecule has 0 fully saturated rings. The van der Waals surface area contributed by atoms with Gasteiger partial charge in [-0.25, -0.2) is 4.98 Å². The molecule has 1 aromatic heterocycles. The van der Waals surface area contributed by atoms with E-state index in [0.717, 1.165) is 17.0 Å². The third-order valence-electron chi connectivity index (χ3n) is 3.79. The fourth-order valence-electron chi connectivity index (χ4n) is 2.50. The van der Waals surface area contributed by atoms with Crippen LogP contribution in [0.4, 0.5) is 5.69 Å². The number of carbonyl (C=O) groups is 1. The number of aromatic nitrogens is 2. The molecule has 0 radical (unpaired) electrons. The highest BCUT2D eigenvalue weighted by molar-refractivity contribution is 6.32. The molecule has 0 aliphatic rings. The molecule has 25 heavy (non-hydrogen) atoms. The lowest BCUT2D eigenvalue weighted by atomic mass is 10.1. The predicted octanol–water partition coefficient (Wildman–Crippen LogP) is 4.11. The zero-order valence-electron chi connectivity index (χ0n) is 13.8. The van der Waals surface area contributed by atoms with E-state index in [4.69, 9.17) is 16.3 Å². The van der Waals surface area contributed by atoms with Gasteiger partial charge in [0.05, 0.1) is 24.1 Å². The van der Waals surface area contributed by atoms with E-state index in [1.54, 1.807) is 25.7 Å². The second kappa shape index (κ2) is 7.85. The van der Waals surface area contributed by atoms with Crippen LogP contribution in [0, 0.1) is 0 Å². The van der Waals surface area contributed by atoms with Crippen molar-refractivity contribution < 1.29 is 9.53 Å². The first-order valence-electron chi connectivity index (χ1n) is 7.86. The van der Waals surface area contributed by atoms with Crippen molar-refractivity contribution in [3.8, 4) is 11.4 Å². The minimum atomic E-state index is -0.0609. The van der Waals surface area contributed by atoms with Crippen LogP contribution in [0.15, 0.2) is 61.2 Å². The Morgan fingerprint density at radius 1 is 1.28 bits per heavy atom. The summed E-state index contributed by atoms with van der Waals surface area (Å²) >= 11 is 6.30. The molecule has 0 unspecified atom stereocenters. The Balaban J connectivity index is 1.60.